The molecule has 4 aliphatic heterocycles. The third kappa shape index (κ3) is 9.68. The van der Waals surface area contributed by atoms with Gasteiger partial charge in [-0.15, -0.1) is 0 Å². The van der Waals surface area contributed by atoms with Crippen molar-refractivity contribution >= 4 is 81.2 Å². The van der Waals surface area contributed by atoms with Crippen LogP contribution < -0.4 is 24.9 Å². The zero-order valence-corrected chi connectivity index (χ0v) is 38.9. The van der Waals surface area contributed by atoms with Crippen LogP contribution in [0.4, 0.5) is 40.7 Å². The summed E-state index contributed by atoms with van der Waals surface area (Å²) in [4.78, 5) is 71.9. The van der Waals surface area contributed by atoms with Crippen LogP contribution in [0, 0.1) is 17.2 Å². The fraction of sp³-hybridized carbons (Fsp3) is 0.438. The second-order valence-electron chi connectivity index (χ2n) is 18.2. The highest BCUT2D eigenvalue weighted by Crippen LogP contribution is 2.41. The van der Waals surface area contributed by atoms with Crippen LogP contribution in [-0.2, 0) is 20.6 Å². The highest BCUT2D eigenvalue weighted by molar-refractivity contribution is 7.81. The molecule has 0 aliphatic carbocycles. The number of rotatable bonds is 9. The molecule has 19 heteroatoms. The lowest BCUT2D eigenvalue weighted by atomic mass is 9.92. The SMILES string of the molecule is CC(C)n1ccc2c(N3CCC(=O)NC3=O)cc(C(=O)N(C)CC3CCN(C4CCN(c5ccc(N6C(=S)N(c7ccc(C#N)c(C(F)(F)F)c7)C(=O)C6(C)C)cc5)CC4)CC3)cc21.O=CO. The predicted octanol–water partition coefficient (Wildman–Crippen LogP) is 7.63. The summed E-state index contributed by atoms with van der Waals surface area (Å²) in [6, 6.07) is 18.2. The lowest BCUT2D eigenvalue weighted by molar-refractivity contribution is -0.137. The summed E-state index contributed by atoms with van der Waals surface area (Å²) < 4.78 is 43.5. The molecule has 5 heterocycles. The van der Waals surface area contributed by atoms with Crippen molar-refractivity contribution in [3.63, 3.8) is 0 Å². The van der Waals surface area contributed by atoms with E-state index in [9.17, 15) is 37.6 Å². The number of urea groups is 1. The number of carbonyl (C=O) groups excluding carboxylic acids is 4. The zero-order chi connectivity index (χ0) is 48.5. The van der Waals surface area contributed by atoms with Gasteiger partial charge >= 0.3 is 12.2 Å². The molecule has 4 fully saturated rings. The molecule has 0 unspecified atom stereocenters. The molecule has 15 nitrogen and oxygen atoms in total. The topological polar surface area (TPSA) is 166 Å². The number of amides is 5. The van der Waals surface area contributed by atoms with Gasteiger partial charge in [0.1, 0.15) is 5.54 Å². The van der Waals surface area contributed by atoms with Gasteiger partial charge in [0.15, 0.2) is 5.11 Å². The number of alkyl halides is 3. The summed E-state index contributed by atoms with van der Waals surface area (Å²) in [5.74, 6) is -0.541. The van der Waals surface area contributed by atoms with Crippen LogP contribution in [-0.4, -0.2) is 113 Å². The molecular formula is C48H54F3N9O6S. The van der Waals surface area contributed by atoms with Gasteiger partial charge in [0.05, 0.1) is 34.1 Å². The molecule has 0 bridgehead atoms. The number of nitrogens with one attached hydrogen (secondary N) is 1. The average molecular weight is 942 g/mol. The van der Waals surface area contributed by atoms with E-state index in [1.807, 2.05) is 49.6 Å². The number of nitriles is 1. The van der Waals surface area contributed by atoms with E-state index in [0.29, 0.717) is 35.4 Å². The molecule has 67 heavy (non-hydrogen) atoms. The molecular weight excluding hydrogens is 888 g/mol. The van der Waals surface area contributed by atoms with Crippen molar-refractivity contribution in [2.75, 3.05) is 65.9 Å². The molecule has 3 aromatic carbocycles. The molecule has 0 saturated carbocycles. The number of imide groups is 1. The number of hydrogen-bond acceptors (Lipinski definition) is 9. The Balaban J connectivity index is 0.00000216. The van der Waals surface area contributed by atoms with E-state index in [4.69, 9.17) is 22.1 Å². The first-order valence-electron chi connectivity index (χ1n) is 22.3. The number of piperidine rings is 2. The number of halogens is 3. The molecule has 0 spiro atoms. The van der Waals surface area contributed by atoms with Gasteiger partial charge in [0.2, 0.25) is 5.91 Å². The van der Waals surface area contributed by atoms with Crippen LogP contribution in [0.1, 0.15) is 87.3 Å². The number of nitrogens with zero attached hydrogens (tertiary/aromatic N) is 8. The molecule has 354 valence electrons. The van der Waals surface area contributed by atoms with Gasteiger partial charge in [-0.3, -0.25) is 34.3 Å². The van der Waals surface area contributed by atoms with Crippen molar-refractivity contribution < 1.29 is 42.3 Å². The Morgan fingerprint density at radius 1 is 0.955 bits per heavy atom. The van der Waals surface area contributed by atoms with E-state index in [2.05, 4.69) is 33.5 Å². The molecule has 0 atom stereocenters. The van der Waals surface area contributed by atoms with Gasteiger partial charge in [-0.1, -0.05) is 0 Å². The fourth-order valence-electron chi connectivity index (χ4n) is 9.79. The van der Waals surface area contributed by atoms with Crippen LogP contribution in [0.2, 0.25) is 0 Å². The first-order chi connectivity index (χ1) is 31.8. The van der Waals surface area contributed by atoms with Gasteiger partial charge in [-0.05, 0) is 145 Å². The number of likely N-dealkylation sites (tertiary alicyclic amines) is 1. The first kappa shape index (κ1) is 48.4. The van der Waals surface area contributed by atoms with Crippen molar-refractivity contribution in [2.45, 2.75) is 83.6 Å². The number of anilines is 4. The summed E-state index contributed by atoms with van der Waals surface area (Å²) in [5, 5.41) is 19.5. The Morgan fingerprint density at radius 2 is 1.58 bits per heavy atom. The molecule has 4 saturated heterocycles. The van der Waals surface area contributed by atoms with Crippen LogP contribution in [0.25, 0.3) is 10.9 Å². The standard InChI is InChI=1S/C47H52F3N9O4S.CH2O2/c1-29(2)56-22-16-37-39(56)24-32(25-40(37)57-23-17-41(60)52-44(57)63)42(61)53(5)28-30-12-18-54(19-13-30)34-14-20-55(21-15-34)33-8-10-35(11-9-33)59-45(64)58(43(62)46(59,3)4)36-7-6-31(27-51)38(26-36)47(48,49)50;2-1-3/h6-11,16,22,24-26,29-30,34H,12-15,17-21,23,28H2,1-5H3,(H,52,60,63);1H,(H,2,3). The van der Waals surface area contributed by atoms with E-state index in [1.54, 1.807) is 40.7 Å². The molecule has 0 radical (unpaired) electrons. The molecule has 2 N–H and O–H groups in total. The molecule has 1 aromatic heterocycles. The molecule has 8 rings (SSSR count). The minimum absolute atomic E-state index is 0.0489. The van der Waals surface area contributed by atoms with Gasteiger partial charge < -0.3 is 29.3 Å². The van der Waals surface area contributed by atoms with Gasteiger partial charge in [0, 0.05) is 80.3 Å². The van der Waals surface area contributed by atoms with Crippen molar-refractivity contribution in [1.82, 2.24) is 19.7 Å². The Kier molecular flexibility index (Phi) is 14.0. The average Bonchev–Trinajstić information content (AvgIpc) is 3.81. The van der Waals surface area contributed by atoms with E-state index in [1.165, 1.54) is 6.07 Å². The van der Waals surface area contributed by atoms with Crippen molar-refractivity contribution in [2.24, 2.45) is 5.92 Å². The Bertz CT molecular complexity index is 2610. The minimum Gasteiger partial charge on any atom is -0.483 e. The van der Waals surface area contributed by atoms with E-state index < -0.39 is 34.8 Å². The number of fused-ring (bicyclic) bond motifs is 1. The first-order valence-corrected chi connectivity index (χ1v) is 22.7. The van der Waals surface area contributed by atoms with E-state index in [-0.39, 0.29) is 48.1 Å². The lowest BCUT2D eigenvalue weighted by Crippen LogP contribution is -2.49. The molecule has 4 aliphatic rings. The van der Waals surface area contributed by atoms with Crippen LogP contribution in [0.5, 0.6) is 0 Å². The largest absolute Gasteiger partial charge is 0.483 e. The number of thiocarbonyl (C=S) groups is 1. The summed E-state index contributed by atoms with van der Waals surface area (Å²) in [5.41, 5.74) is 0.769. The highest BCUT2D eigenvalue weighted by atomic mass is 32.1. The smallest absolute Gasteiger partial charge is 0.417 e. The van der Waals surface area contributed by atoms with Crippen LogP contribution >= 0.6 is 12.2 Å². The monoisotopic (exact) mass is 941 g/mol. The maximum absolute atomic E-state index is 14.0. The number of hydrogen-bond donors (Lipinski definition) is 2. The van der Waals surface area contributed by atoms with Crippen molar-refractivity contribution in [3.05, 3.63) is 83.6 Å². The van der Waals surface area contributed by atoms with Gasteiger partial charge in [0.25, 0.3) is 18.3 Å². The summed E-state index contributed by atoms with van der Waals surface area (Å²) in [6.45, 7) is 11.8. The highest BCUT2D eigenvalue weighted by Gasteiger charge is 2.51. The zero-order valence-electron chi connectivity index (χ0n) is 38.0. The van der Waals surface area contributed by atoms with Crippen LogP contribution in [0.3, 0.4) is 0 Å². The third-order valence-electron chi connectivity index (χ3n) is 13.3. The predicted molar refractivity (Wildman–Crippen MR) is 252 cm³/mol. The quantitative estimate of drug-likeness (QED) is 0.125. The summed E-state index contributed by atoms with van der Waals surface area (Å²) in [7, 11) is 1.84. The maximum Gasteiger partial charge on any atom is 0.417 e. The second kappa shape index (κ2) is 19.4. The number of benzene rings is 3. The fourth-order valence-corrected chi connectivity index (χ4v) is 10.3. The Hall–Kier alpha value is -6.52. The van der Waals surface area contributed by atoms with Crippen molar-refractivity contribution in [3.8, 4) is 6.07 Å². The van der Waals surface area contributed by atoms with E-state index >= 15 is 0 Å². The van der Waals surface area contributed by atoms with E-state index in [0.717, 1.165) is 85.5 Å². The second-order valence-corrected chi connectivity index (χ2v) is 18.5. The summed E-state index contributed by atoms with van der Waals surface area (Å²) >= 11 is 5.73. The number of carboxylic acid groups (broad SMARTS) is 1. The normalized spacial score (nSPS) is 18.6. The van der Waals surface area contributed by atoms with Gasteiger partial charge in [-0.25, -0.2) is 4.79 Å². The summed E-state index contributed by atoms with van der Waals surface area (Å²) in [6.07, 6.45) is 1.32. The van der Waals surface area contributed by atoms with Crippen molar-refractivity contribution in [1.29, 1.82) is 5.26 Å². The number of carbonyl (C=O) groups is 5. The lowest BCUT2D eigenvalue weighted by Gasteiger charge is -2.43. The van der Waals surface area contributed by atoms with Crippen LogP contribution in [0.15, 0.2) is 66.9 Å². The maximum atomic E-state index is 14.0. The van der Waals surface area contributed by atoms with Gasteiger partial charge in [-0.2, -0.15) is 18.4 Å². The Labute approximate surface area is 392 Å². The number of aromatic nitrogens is 1. The molecule has 4 aromatic rings. The Morgan fingerprint density at radius 3 is 2.18 bits per heavy atom. The molecule has 5 amide bonds. The minimum atomic E-state index is -4.78. The third-order valence-corrected chi connectivity index (χ3v) is 13.7.